The molecule has 0 radical (unpaired) electrons. The molecule has 1 aromatic carbocycles. The lowest BCUT2D eigenvalue weighted by molar-refractivity contribution is -0.131. The van der Waals surface area contributed by atoms with Gasteiger partial charge in [0.25, 0.3) is 5.91 Å². The molecule has 0 bridgehead atoms. The Labute approximate surface area is 163 Å². The number of benzene rings is 1. The highest BCUT2D eigenvalue weighted by atomic mass is 16.5. The maximum atomic E-state index is 13.2. The second-order valence-electron chi connectivity index (χ2n) is 8.79. The normalized spacial score (nSPS) is 15.7. The largest absolute Gasteiger partial charge is 0.496 e. The van der Waals surface area contributed by atoms with Gasteiger partial charge in [-0.05, 0) is 35.4 Å². The van der Waals surface area contributed by atoms with Gasteiger partial charge in [0.2, 0.25) is 5.91 Å². The Morgan fingerprint density at radius 2 is 1.70 bits per heavy atom. The molecule has 27 heavy (non-hydrogen) atoms. The average Bonchev–Trinajstić information content (AvgIpc) is 2.85. The van der Waals surface area contributed by atoms with Gasteiger partial charge in [-0.1, -0.05) is 40.7 Å². The van der Waals surface area contributed by atoms with Crippen LogP contribution < -0.4 is 4.74 Å². The van der Waals surface area contributed by atoms with Crippen molar-refractivity contribution in [2.75, 3.05) is 33.3 Å². The first-order valence-corrected chi connectivity index (χ1v) is 9.89. The van der Waals surface area contributed by atoms with Crippen molar-refractivity contribution in [2.45, 2.75) is 52.9 Å². The topological polar surface area (TPSA) is 49.9 Å². The molecule has 5 nitrogen and oxygen atoms in total. The minimum atomic E-state index is -0.0415. The van der Waals surface area contributed by atoms with Crippen molar-refractivity contribution < 1.29 is 14.3 Å². The highest BCUT2D eigenvalue weighted by Gasteiger charge is 2.26. The molecule has 2 rings (SSSR count). The van der Waals surface area contributed by atoms with Gasteiger partial charge in [-0.15, -0.1) is 0 Å². The SMILES string of the molecule is COc1ccc(C(C)(C)C)cc1C(=O)N1CCCN(C(=O)CC(C)C)CC1. The molecule has 0 atom stereocenters. The monoisotopic (exact) mass is 374 g/mol. The maximum Gasteiger partial charge on any atom is 0.257 e. The van der Waals surface area contributed by atoms with Crippen molar-refractivity contribution in [3.8, 4) is 5.75 Å². The van der Waals surface area contributed by atoms with Crippen LogP contribution in [-0.2, 0) is 10.2 Å². The molecular weight excluding hydrogens is 340 g/mol. The summed E-state index contributed by atoms with van der Waals surface area (Å²) in [5.41, 5.74) is 1.67. The van der Waals surface area contributed by atoms with E-state index >= 15 is 0 Å². The Morgan fingerprint density at radius 1 is 1.07 bits per heavy atom. The van der Waals surface area contributed by atoms with E-state index in [2.05, 4.69) is 34.6 Å². The van der Waals surface area contributed by atoms with Gasteiger partial charge in [0.05, 0.1) is 12.7 Å². The van der Waals surface area contributed by atoms with Crippen LogP contribution >= 0.6 is 0 Å². The molecule has 0 saturated carbocycles. The number of carbonyl (C=O) groups is 2. The molecule has 1 aliphatic heterocycles. The summed E-state index contributed by atoms with van der Waals surface area (Å²) in [4.78, 5) is 29.3. The van der Waals surface area contributed by atoms with Crippen LogP contribution in [0.1, 0.15) is 63.4 Å². The van der Waals surface area contributed by atoms with Crippen LogP contribution in [0.2, 0.25) is 0 Å². The van der Waals surface area contributed by atoms with E-state index in [1.165, 1.54) is 0 Å². The molecular formula is C22H34N2O3. The smallest absolute Gasteiger partial charge is 0.257 e. The van der Waals surface area contributed by atoms with Gasteiger partial charge in [0.1, 0.15) is 5.75 Å². The minimum absolute atomic E-state index is 0.0175. The molecule has 1 aliphatic rings. The van der Waals surface area contributed by atoms with Crippen LogP contribution in [0.3, 0.4) is 0 Å². The van der Waals surface area contributed by atoms with Crippen molar-refractivity contribution in [3.05, 3.63) is 29.3 Å². The summed E-state index contributed by atoms with van der Waals surface area (Å²) >= 11 is 0. The summed E-state index contributed by atoms with van der Waals surface area (Å²) < 4.78 is 5.45. The van der Waals surface area contributed by atoms with Crippen molar-refractivity contribution in [1.82, 2.24) is 9.80 Å². The third-order valence-corrected chi connectivity index (χ3v) is 5.01. The predicted molar refractivity (Wildman–Crippen MR) is 108 cm³/mol. The number of ether oxygens (including phenoxy) is 1. The zero-order valence-corrected chi connectivity index (χ0v) is 17.7. The van der Waals surface area contributed by atoms with Crippen molar-refractivity contribution in [1.29, 1.82) is 0 Å². The highest BCUT2D eigenvalue weighted by molar-refractivity contribution is 5.97. The van der Waals surface area contributed by atoms with Crippen LogP contribution in [0.5, 0.6) is 5.75 Å². The summed E-state index contributed by atoms with van der Waals surface area (Å²) in [5, 5.41) is 0. The molecule has 0 N–H and O–H groups in total. The third-order valence-electron chi connectivity index (χ3n) is 5.01. The van der Waals surface area contributed by atoms with Crippen LogP contribution in [0.25, 0.3) is 0 Å². The van der Waals surface area contributed by atoms with Crippen molar-refractivity contribution >= 4 is 11.8 Å². The summed E-state index contributed by atoms with van der Waals surface area (Å²) in [6.07, 6.45) is 1.37. The van der Waals surface area contributed by atoms with E-state index in [4.69, 9.17) is 4.74 Å². The first kappa shape index (κ1) is 21.3. The molecule has 1 saturated heterocycles. The summed E-state index contributed by atoms with van der Waals surface area (Å²) in [6, 6.07) is 5.85. The second-order valence-corrected chi connectivity index (χ2v) is 8.79. The average molecular weight is 375 g/mol. The first-order valence-electron chi connectivity index (χ1n) is 9.89. The number of nitrogens with zero attached hydrogens (tertiary/aromatic N) is 2. The molecule has 1 aromatic rings. The Kier molecular flexibility index (Phi) is 6.90. The lowest BCUT2D eigenvalue weighted by Gasteiger charge is -2.25. The zero-order chi connectivity index (χ0) is 20.2. The predicted octanol–water partition coefficient (Wildman–Crippen LogP) is 3.71. The Hall–Kier alpha value is -2.04. The molecule has 150 valence electrons. The fraction of sp³-hybridized carbons (Fsp3) is 0.636. The van der Waals surface area contributed by atoms with Crippen molar-refractivity contribution in [3.63, 3.8) is 0 Å². The van der Waals surface area contributed by atoms with E-state index < -0.39 is 0 Å². The summed E-state index contributed by atoms with van der Waals surface area (Å²) in [7, 11) is 1.59. The number of hydrogen-bond donors (Lipinski definition) is 0. The molecule has 1 heterocycles. The number of rotatable bonds is 4. The van der Waals surface area contributed by atoms with E-state index in [-0.39, 0.29) is 17.2 Å². The van der Waals surface area contributed by atoms with Gasteiger partial charge < -0.3 is 14.5 Å². The summed E-state index contributed by atoms with van der Waals surface area (Å²) in [5.74, 6) is 1.12. The van der Waals surface area contributed by atoms with E-state index in [0.717, 1.165) is 12.0 Å². The number of methoxy groups -OCH3 is 1. The van der Waals surface area contributed by atoms with Crippen LogP contribution in [0, 0.1) is 5.92 Å². The lowest BCUT2D eigenvalue weighted by atomic mass is 9.86. The van der Waals surface area contributed by atoms with Gasteiger partial charge in [-0.2, -0.15) is 0 Å². The van der Waals surface area contributed by atoms with Crippen LogP contribution in [-0.4, -0.2) is 54.9 Å². The Bertz CT molecular complexity index is 677. The third kappa shape index (κ3) is 5.47. The zero-order valence-electron chi connectivity index (χ0n) is 17.7. The van der Waals surface area contributed by atoms with Gasteiger partial charge >= 0.3 is 0 Å². The van der Waals surface area contributed by atoms with Crippen LogP contribution in [0.4, 0.5) is 0 Å². The van der Waals surface area contributed by atoms with E-state index in [9.17, 15) is 9.59 Å². The first-order chi connectivity index (χ1) is 12.6. The maximum absolute atomic E-state index is 13.2. The minimum Gasteiger partial charge on any atom is -0.496 e. The van der Waals surface area contributed by atoms with Gasteiger partial charge in [-0.25, -0.2) is 0 Å². The number of amides is 2. The Balaban J connectivity index is 2.17. The van der Waals surface area contributed by atoms with Gasteiger partial charge in [0, 0.05) is 32.6 Å². The van der Waals surface area contributed by atoms with E-state index in [1.54, 1.807) is 7.11 Å². The number of carbonyl (C=O) groups excluding carboxylic acids is 2. The second kappa shape index (κ2) is 8.77. The Morgan fingerprint density at radius 3 is 2.30 bits per heavy atom. The standard InChI is InChI=1S/C22H34N2O3/c1-16(2)14-20(25)23-10-7-11-24(13-12-23)21(26)18-15-17(22(3,4)5)8-9-19(18)27-6/h8-9,15-16H,7,10-14H2,1-6H3. The highest BCUT2D eigenvalue weighted by Crippen LogP contribution is 2.29. The lowest BCUT2D eigenvalue weighted by Crippen LogP contribution is -2.37. The van der Waals surface area contributed by atoms with E-state index in [0.29, 0.717) is 49.8 Å². The fourth-order valence-corrected chi connectivity index (χ4v) is 3.36. The molecule has 0 aromatic heterocycles. The van der Waals surface area contributed by atoms with Crippen LogP contribution in [0.15, 0.2) is 18.2 Å². The molecule has 0 spiro atoms. The molecule has 2 amide bonds. The van der Waals surface area contributed by atoms with Gasteiger partial charge in [0.15, 0.2) is 0 Å². The van der Waals surface area contributed by atoms with E-state index in [1.807, 2.05) is 28.0 Å². The molecule has 1 fully saturated rings. The molecule has 0 aliphatic carbocycles. The quantitative estimate of drug-likeness (QED) is 0.807. The summed E-state index contributed by atoms with van der Waals surface area (Å²) in [6.45, 7) is 13.0. The molecule has 5 heteroatoms. The van der Waals surface area contributed by atoms with Gasteiger partial charge in [-0.3, -0.25) is 9.59 Å². The van der Waals surface area contributed by atoms with Crippen molar-refractivity contribution in [2.24, 2.45) is 5.92 Å². The molecule has 0 unspecified atom stereocenters. The fourth-order valence-electron chi connectivity index (χ4n) is 3.36. The number of hydrogen-bond acceptors (Lipinski definition) is 3.